The smallest absolute Gasteiger partial charge is 0.338 e. The van der Waals surface area contributed by atoms with Crippen LogP contribution in [0.4, 0.5) is 5.69 Å². The molecule has 1 amide bonds. The predicted molar refractivity (Wildman–Crippen MR) is 101 cm³/mol. The van der Waals surface area contributed by atoms with Gasteiger partial charge < -0.3 is 10.1 Å². The monoisotopic (exact) mass is 352 g/mol. The van der Waals surface area contributed by atoms with Gasteiger partial charge in [0, 0.05) is 11.7 Å². The number of esters is 1. The lowest BCUT2D eigenvalue weighted by Gasteiger charge is -2.24. The molecular weight excluding hydrogens is 328 g/mol. The molecule has 5 nitrogen and oxygen atoms in total. The Hall–Kier alpha value is -2.66. The minimum atomic E-state index is -0.354. The highest BCUT2D eigenvalue weighted by molar-refractivity contribution is 5.94. The zero-order valence-electron chi connectivity index (χ0n) is 15.0. The summed E-state index contributed by atoms with van der Waals surface area (Å²) in [6.45, 7) is 3.40. The first-order valence-electron chi connectivity index (χ1n) is 9.03. The van der Waals surface area contributed by atoms with Crippen LogP contribution < -0.4 is 5.32 Å². The Labute approximate surface area is 154 Å². The number of anilines is 1. The number of nitrogens with zero attached hydrogens (tertiary/aromatic N) is 1. The number of rotatable bonds is 6. The Morgan fingerprint density at radius 2 is 1.85 bits per heavy atom. The van der Waals surface area contributed by atoms with Gasteiger partial charge in [-0.15, -0.1) is 0 Å². The SMILES string of the molecule is CCOC(=O)c1ccc(NC(=O)CN2CCCC2c2ccccc2)cc1. The highest BCUT2D eigenvalue weighted by Crippen LogP contribution is 2.31. The number of likely N-dealkylation sites (tertiary alicyclic amines) is 1. The molecule has 0 bridgehead atoms. The number of hydrogen-bond donors (Lipinski definition) is 1. The highest BCUT2D eigenvalue weighted by Gasteiger charge is 2.27. The summed E-state index contributed by atoms with van der Waals surface area (Å²) in [6, 6.07) is 17.4. The third-order valence-electron chi connectivity index (χ3n) is 4.57. The standard InChI is InChI=1S/C21H24N2O3/c1-2-26-21(25)17-10-12-18(13-11-17)22-20(24)15-23-14-6-9-19(23)16-7-4-3-5-8-16/h3-5,7-8,10-13,19H,2,6,9,14-15H2,1H3,(H,22,24). The average molecular weight is 352 g/mol. The Morgan fingerprint density at radius 3 is 2.54 bits per heavy atom. The lowest BCUT2D eigenvalue weighted by molar-refractivity contribution is -0.117. The second kappa shape index (κ2) is 8.63. The summed E-state index contributed by atoms with van der Waals surface area (Å²) < 4.78 is 4.96. The van der Waals surface area contributed by atoms with E-state index in [1.807, 2.05) is 18.2 Å². The number of ether oxygens (including phenoxy) is 1. The lowest BCUT2D eigenvalue weighted by atomic mass is 10.0. The molecule has 0 radical (unpaired) electrons. The Balaban J connectivity index is 1.57. The quantitative estimate of drug-likeness (QED) is 0.807. The molecule has 26 heavy (non-hydrogen) atoms. The molecule has 1 N–H and O–H groups in total. The molecule has 1 heterocycles. The molecule has 0 spiro atoms. The van der Waals surface area contributed by atoms with Crippen LogP contribution in [0, 0.1) is 0 Å². The van der Waals surface area contributed by atoms with Crippen LogP contribution in [-0.4, -0.2) is 36.5 Å². The van der Waals surface area contributed by atoms with Crippen LogP contribution in [0.2, 0.25) is 0 Å². The fourth-order valence-electron chi connectivity index (χ4n) is 3.36. The molecule has 1 aliphatic rings. The Morgan fingerprint density at radius 1 is 1.12 bits per heavy atom. The normalized spacial score (nSPS) is 17.0. The molecule has 0 aromatic heterocycles. The first-order chi connectivity index (χ1) is 12.7. The van der Waals surface area contributed by atoms with Crippen molar-refractivity contribution < 1.29 is 14.3 Å². The molecule has 5 heteroatoms. The van der Waals surface area contributed by atoms with Crippen LogP contribution in [0.25, 0.3) is 0 Å². The van der Waals surface area contributed by atoms with E-state index in [0.717, 1.165) is 19.4 Å². The van der Waals surface area contributed by atoms with E-state index in [2.05, 4.69) is 22.3 Å². The van der Waals surface area contributed by atoms with Crippen LogP contribution in [0.5, 0.6) is 0 Å². The van der Waals surface area contributed by atoms with E-state index >= 15 is 0 Å². The van der Waals surface area contributed by atoms with Gasteiger partial charge in [0.25, 0.3) is 0 Å². The molecule has 0 saturated carbocycles. The van der Waals surface area contributed by atoms with E-state index < -0.39 is 0 Å². The topological polar surface area (TPSA) is 58.6 Å². The number of benzene rings is 2. The molecule has 1 unspecified atom stereocenters. The maximum Gasteiger partial charge on any atom is 0.338 e. The zero-order valence-corrected chi connectivity index (χ0v) is 15.0. The summed E-state index contributed by atoms with van der Waals surface area (Å²) in [5.74, 6) is -0.398. The molecule has 136 valence electrons. The van der Waals surface area contributed by atoms with Gasteiger partial charge in [0.15, 0.2) is 0 Å². The van der Waals surface area contributed by atoms with Crippen LogP contribution in [0.15, 0.2) is 54.6 Å². The Bertz CT molecular complexity index is 744. The van der Waals surface area contributed by atoms with Crippen molar-refractivity contribution in [3.63, 3.8) is 0 Å². The molecule has 0 aliphatic carbocycles. The minimum Gasteiger partial charge on any atom is -0.462 e. The number of hydrogen-bond acceptors (Lipinski definition) is 4. The van der Waals surface area contributed by atoms with Crippen molar-refractivity contribution in [3.05, 3.63) is 65.7 Å². The van der Waals surface area contributed by atoms with E-state index in [1.165, 1.54) is 5.56 Å². The fraction of sp³-hybridized carbons (Fsp3) is 0.333. The van der Waals surface area contributed by atoms with Crippen LogP contribution >= 0.6 is 0 Å². The van der Waals surface area contributed by atoms with E-state index in [4.69, 9.17) is 4.74 Å². The molecule has 2 aromatic rings. The summed E-state index contributed by atoms with van der Waals surface area (Å²) in [5.41, 5.74) is 2.42. The number of amides is 1. The summed E-state index contributed by atoms with van der Waals surface area (Å²) in [6.07, 6.45) is 2.17. The highest BCUT2D eigenvalue weighted by atomic mass is 16.5. The number of nitrogens with one attached hydrogen (secondary N) is 1. The van der Waals surface area contributed by atoms with Crippen molar-refractivity contribution >= 4 is 17.6 Å². The van der Waals surface area contributed by atoms with E-state index in [1.54, 1.807) is 31.2 Å². The Kier molecular flexibility index (Phi) is 6.02. The zero-order chi connectivity index (χ0) is 18.4. The third kappa shape index (κ3) is 4.49. The molecule has 1 aliphatic heterocycles. The lowest BCUT2D eigenvalue weighted by Crippen LogP contribution is -2.32. The van der Waals surface area contributed by atoms with E-state index in [9.17, 15) is 9.59 Å². The van der Waals surface area contributed by atoms with Crippen molar-refractivity contribution in [2.45, 2.75) is 25.8 Å². The van der Waals surface area contributed by atoms with Gasteiger partial charge in [0.2, 0.25) is 5.91 Å². The molecule has 1 atom stereocenters. The second-order valence-electron chi connectivity index (χ2n) is 6.39. The molecular formula is C21H24N2O3. The van der Waals surface area contributed by atoms with E-state index in [0.29, 0.717) is 30.4 Å². The van der Waals surface area contributed by atoms with Gasteiger partial charge in [-0.25, -0.2) is 4.79 Å². The van der Waals surface area contributed by atoms with Gasteiger partial charge in [0.1, 0.15) is 0 Å². The van der Waals surface area contributed by atoms with Crippen LogP contribution in [0.1, 0.15) is 41.7 Å². The van der Waals surface area contributed by atoms with Gasteiger partial charge in [0.05, 0.1) is 18.7 Å². The van der Waals surface area contributed by atoms with E-state index in [-0.39, 0.29) is 11.9 Å². The van der Waals surface area contributed by atoms with Gasteiger partial charge in [-0.05, 0) is 56.1 Å². The third-order valence-corrected chi connectivity index (χ3v) is 4.57. The molecule has 1 saturated heterocycles. The van der Waals surface area contributed by atoms with Crippen LogP contribution in [0.3, 0.4) is 0 Å². The minimum absolute atomic E-state index is 0.0447. The average Bonchev–Trinajstić information content (AvgIpc) is 3.11. The maximum absolute atomic E-state index is 12.4. The van der Waals surface area contributed by atoms with Crippen molar-refractivity contribution in [3.8, 4) is 0 Å². The van der Waals surface area contributed by atoms with Gasteiger partial charge in [-0.2, -0.15) is 0 Å². The number of carbonyl (C=O) groups excluding carboxylic acids is 2. The maximum atomic E-state index is 12.4. The first-order valence-corrected chi connectivity index (χ1v) is 9.03. The largest absolute Gasteiger partial charge is 0.462 e. The summed E-state index contributed by atoms with van der Waals surface area (Å²) in [5, 5.41) is 2.91. The van der Waals surface area contributed by atoms with Crippen LogP contribution in [-0.2, 0) is 9.53 Å². The van der Waals surface area contributed by atoms with Gasteiger partial charge in [-0.3, -0.25) is 9.69 Å². The first kappa shape index (κ1) is 18.1. The summed E-state index contributed by atoms with van der Waals surface area (Å²) in [4.78, 5) is 26.3. The summed E-state index contributed by atoms with van der Waals surface area (Å²) >= 11 is 0. The van der Waals surface area contributed by atoms with Gasteiger partial charge in [-0.1, -0.05) is 30.3 Å². The molecule has 3 rings (SSSR count). The van der Waals surface area contributed by atoms with Crippen molar-refractivity contribution in [2.24, 2.45) is 0 Å². The fourth-order valence-corrected chi connectivity index (χ4v) is 3.36. The molecule has 1 fully saturated rings. The van der Waals surface area contributed by atoms with Gasteiger partial charge >= 0.3 is 5.97 Å². The second-order valence-corrected chi connectivity index (χ2v) is 6.39. The molecule has 2 aromatic carbocycles. The van der Waals surface area contributed by atoms with Crippen molar-refractivity contribution in [1.82, 2.24) is 4.90 Å². The number of carbonyl (C=O) groups is 2. The van der Waals surface area contributed by atoms with Crippen molar-refractivity contribution in [1.29, 1.82) is 0 Å². The van der Waals surface area contributed by atoms with Crippen molar-refractivity contribution in [2.75, 3.05) is 25.0 Å². The summed E-state index contributed by atoms with van der Waals surface area (Å²) in [7, 11) is 0. The predicted octanol–water partition coefficient (Wildman–Crippen LogP) is 3.64.